The summed E-state index contributed by atoms with van der Waals surface area (Å²) in [4.78, 5) is 65.7. The minimum Gasteiger partial charge on any atom is -0.488 e. The summed E-state index contributed by atoms with van der Waals surface area (Å²) in [5, 5.41) is 26.0. The van der Waals surface area contributed by atoms with Gasteiger partial charge in [0.1, 0.15) is 35.2 Å². The van der Waals surface area contributed by atoms with Crippen LogP contribution in [0.4, 0.5) is 9.93 Å². The van der Waals surface area contributed by atoms with Crippen molar-refractivity contribution in [1.29, 1.82) is 0 Å². The van der Waals surface area contributed by atoms with Crippen molar-refractivity contribution in [2.75, 3.05) is 11.9 Å². The van der Waals surface area contributed by atoms with Crippen molar-refractivity contribution in [2.45, 2.75) is 128 Å². The molecule has 7 rings (SSSR count). The fraction of sp³-hybridized carbons (Fsp3) is 0.561. The summed E-state index contributed by atoms with van der Waals surface area (Å²) in [7, 11) is 0. The van der Waals surface area contributed by atoms with E-state index in [0.717, 1.165) is 65.8 Å². The molecule has 4 fully saturated rings. The number of carbonyl (C=O) groups is 4. The van der Waals surface area contributed by atoms with Gasteiger partial charge in [-0.2, -0.15) is 0 Å². The first-order chi connectivity index (χ1) is 26.2. The molecule has 3 aliphatic carbocycles. The standard InChI is InChI=1S/C41H53N7O6S/c1-6-24-20-41(24,37(51)52)47-35(49)32-18-27(21-48(32)36(50)34(40(3,4)5)46-38(53)42-25-11-7-8-12-25)54-33-19-30(44-29-17-23(2)15-16-28(29)33)31-22-55-39(45-31)43-26-13-9-10-14-26/h6,15-17,19,22,24-27,32,34H,1,7-14,18,20-21H2,2-5H3,(H,43,45)(H,47,49)(H,51,52)(H2,42,46,53)/t24-,27-,32+,34-,41-/m1/s1. The third-order valence-corrected chi connectivity index (χ3v) is 12.4. The number of hydrogen-bond donors (Lipinski definition) is 5. The number of carbonyl (C=O) groups excluding carboxylic acids is 3. The Hall–Kier alpha value is -4.72. The summed E-state index contributed by atoms with van der Waals surface area (Å²) in [6.45, 7) is 11.4. The number of amides is 4. The third-order valence-electron chi connectivity index (χ3n) is 11.6. The number of anilines is 1. The number of urea groups is 1. The highest BCUT2D eigenvalue weighted by Gasteiger charge is 2.61. The fourth-order valence-corrected chi connectivity index (χ4v) is 9.14. The number of rotatable bonds is 12. The van der Waals surface area contributed by atoms with Crippen LogP contribution in [0.1, 0.15) is 90.5 Å². The zero-order valence-electron chi connectivity index (χ0n) is 32.2. The van der Waals surface area contributed by atoms with Crippen molar-refractivity contribution >= 4 is 51.2 Å². The number of aryl methyl sites for hydroxylation is 1. The summed E-state index contributed by atoms with van der Waals surface area (Å²) in [6.07, 6.45) is 9.76. The molecule has 13 nitrogen and oxygen atoms in total. The van der Waals surface area contributed by atoms with Crippen LogP contribution in [-0.4, -0.2) is 86.1 Å². The van der Waals surface area contributed by atoms with Gasteiger partial charge in [-0.3, -0.25) is 9.59 Å². The van der Waals surface area contributed by atoms with Crippen molar-refractivity contribution in [3.05, 3.63) is 47.9 Å². The van der Waals surface area contributed by atoms with Gasteiger partial charge in [0.25, 0.3) is 0 Å². The van der Waals surface area contributed by atoms with E-state index in [1.54, 1.807) is 11.3 Å². The van der Waals surface area contributed by atoms with Crippen LogP contribution in [0.2, 0.25) is 0 Å². The molecule has 5 atom stereocenters. The number of nitrogens with one attached hydrogen (secondary N) is 4. The molecule has 55 heavy (non-hydrogen) atoms. The molecule has 3 saturated carbocycles. The zero-order chi connectivity index (χ0) is 39.1. The quantitative estimate of drug-likeness (QED) is 0.135. The van der Waals surface area contributed by atoms with Crippen molar-refractivity contribution in [2.24, 2.45) is 11.3 Å². The van der Waals surface area contributed by atoms with Crippen LogP contribution in [-0.2, 0) is 14.4 Å². The number of likely N-dealkylation sites (tertiary alicyclic amines) is 1. The Morgan fingerprint density at radius 1 is 1.04 bits per heavy atom. The first-order valence-electron chi connectivity index (χ1n) is 19.6. The molecule has 1 saturated heterocycles. The smallest absolute Gasteiger partial charge is 0.330 e. The zero-order valence-corrected chi connectivity index (χ0v) is 33.0. The Bertz CT molecular complexity index is 1970. The van der Waals surface area contributed by atoms with E-state index in [4.69, 9.17) is 14.7 Å². The first kappa shape index (κ1) is 38.6. The normalized spacial score (nSPS) is 24.7. The fourth-order valence-electron chi connectivity index (χ4n) is 8.35. The van der Waals surface area contributed by atoms with Crippen LogP contribution in [0, 0.1) is 18.3 Å². The number of benzene rings is 1. The lowest BCUT2D eigenvalue weighted by Crippen LogP contribution is -2.60. The number of pyridine rings is 1. The molecule has 0 unspecified atom stereocenters. The number of carboxylic acids is 1. The van der Waals surface area contributed by atoms with E-state index in [-0.39, 0.29) is 25.4 Å². The van der Waals surface area contributed by atoms with Crippen LogP contribution >= 0.6 is 11.3 Å². The second kappa shape index (κ2) is 15.4. The summed E-state index contributed by atoms with van der Waals surface area (Å²) in [5.41, 5.74) is 0.911. The molecule has 1 aliphatic heterocycles. The highest BCUT2D eigenvalue weighted by molar-refractivity contribution is 7.14. The first-order valence-corrected chi connectivity index (χ1v) is 20.5. The number of carboxylic acid groups (broad SMARTS) is 1. The minimum absolute atomic E-state index is 0.0392. The van der Waals surface area contributed by atoms with E-state index >= 15 is 0 Å². The van der Waals surface area contributed by atoms with Gasteiger partial charge in [-0.15, -0.1) is 17.9 Å². The molecule has 294 valence electrons. The average molecular weight is 772 g/mol. The number of nitrogens with zero attached hydrogens (tertiary/aromatic N) is 3. The van der Waals surface area contributed by atoms with E-state index in [0.29, 0.717) is 17.5 Å². The largest absolute Gasteiger partial charge is 0.488 e. The Kier molecular flexibility index (Phi) is 10.8. The lowest BCUT2D eigenvalue weighted by Gasteiger charge is -2.35. The van der Waals surface area contributed by atoms with Crippen molar-refractivity contribution in [3.8, 4) is 17.1 Å². The Labute approximate surface area is 326 Å². The molecule has 1 aromatic carbocycles. The number of ether oxygens (including phenoxy) is 1. The van der Waals surface area contributed by atoms with E-state index in [1.807, 2.05) is 57.3 Å². The molecule has 3 heterocycles. The van der Waals surface area contributed by atoms with Gasteiger partial charge < -0.3 is 36.0 Å². The van der Waals surface area contributed by atoms with Gasteiger partial charge in [0, 0.05) is 41.3 Å². The third kappa shape index (κ3) is 8.29. The highest BCUT2D eigenvalue weighted by Crippen LogP contribution is 2.45. The van der Waals surface area contributed by atoms with Crippen LogP contribution < -0.4 is 26.0 Å². The number of aliphatic carboxylic acids is 1. The maximum absolute atomic E-state index is 14.6. The molecule has 5 N–H and O–H groups in total. The van der Waals surface area contributed by atoms with Gasteiger partial charge in [0.15, 0.2) is 5.13 Å². The van der Waals surface area contributed by atoms with Crippen LogP contribution in [0.3, 0.4) is 0 Å². The topological polar surface area (TPSA) is 175 Å². The summed E-state index contributed by atoms with van der Waals surface area (Å²) in [6, 6.07) is 5.79. The molecule has 0 radical (unpaired) electrons. The number of aromatic nitrogens is 2. The second-order valence-corrected chi connectivity index (χ2v) is 17.7. The molecule has 4 amide bonds. The molecule has 0 spiro atoms. The van der Waals surface area contributed by atoms with Gasteiger partial charge in [-0.05, 0) is 62.1 Å². The second-order valence-electron chi connectivity index (χ2n) is 16.9. The summed E-state index contributed by atoms with van der Waals surface area (Å²) in [5.74, 6) is -2.08. The van der Waals surface area contributed by atoms with Crippen molar-refractivity contribution in [3.63, 3.8) is 0 Å². The molecule has 4 aliphatic rings. The van der Waals surface area contributed by atoms with Gasteiger partial charge in [0.2, 0.25) is 11.8 Å². The molecule has 2 aromatic heterocycles. The van der Waals surface area contributed by atoms with Crippen molar-refractivity contribution < 1.29 is 29.0 Å². The molecular weight excluding hydrogens is 719 g/mol. The predicted molar refractivity (Wildman–Crippen MR) is 212 cm³/mol. The predicted octanol–water partition coefficient (Wildman–Crippen LogP) is 6.17. The van der Waals surface area contributed by atoms with Gasteiger partial charge in [-0.25, -0.2) is 19.6 Å². The number of fused-ring (bicyclic) bond motifs is 1. The summed E-state index contributed by atoms with van der Waals surface area (Å²) < 4.78 is 6.75. The Balaban J connectivity index is 1.18. The van der Waals surface area contributed by atoms with E-state index in [2.05, 4.69) is 27.8 Å². The van der Waals surface area contributed by atoms with Crippen molar-refractivity contribution in [1.82, 2.24) is 30.8 Å². The van der Waals surface area contributed by atoms with E-state index < -0.39 is 58.9 Å². The summed E-state index contributed by atoms with van der Waals surface area (Å²) >= 11 is 1.54. The number of hydrogen-bond acceptors (Lipinski definition) is 9. The molecule has 0 bridgehead atoms. The lowest BCUT2D eigenvalue weighted by atomic mass is 9.85. The SMILES string of the molecule is C=C[C@@H]1C[C@]1(NC(=O)[C@@H]1C[C@@H](Oc2cc(-c3csc(NC4CCCC4)n3)nc3cc(C)ccc23)CN1C(=O)[C@@H](NC(=O)NC1CCCC1)C(C)(C)C)C(=O)O. The Morgan fingerprint density at radius 2 is 1.75 bits per heavy atom. The van der Waals surface area contributed by atoms with E-state index in [9.17, 15) is 24.3 Å². The maximum atomic E-state index is 14.6. The van der Waals surface area contributed by atoms with E-state index in [1.165, 1.54) is 23.8 Å². The minimum atomic E-state index is -1.48. The van der Waals surface area contributed by atoms with Crippen LogP contribution in [0.15, 0.2) is 42.3 Å². The average Bonchev–Trinajstić information content (AvgIpc) is 3.77. The van der Waals surface area contributed by atoms with Gasteiger partial charge in [0.05, 0.1) is 17.8 Å². The highest BCUT2D eigenvalue weighted by atomic mass is 32.1. The van der Waals surface area contributed by atoms with Crippen LogP contribution in [0.25, 0.3) is 22.3 Å². The maximum Gasteiger partial charge on any atom is 0.330 e. The monoisotopic (exact) mass is 771 g/mol. The van der Waals surface area contributed by atoms with Gasteiger partial charge >= 0.3 is 12.0 Å². The van der Waals surface area contributed by atoms with Gasteiger partial charge in [-0.1, -0.05) is 58.6 Å². The number of thiazole rings is 1. The van der Waals surface area contributed by atoms with Crippen LogP contribution in [0.5, 0.6) is 5.75 Å². The molecular formula is C41H53N7O6S. The lowest BCUT2D eigenvalue weighted by molar-refractivity contribution is -0.146. The molecule has 14 heteroatoms. The Morgan fingerprint density at radius 3 is 2.40 bits per heavy atom. The molecule has 3 aromatic rings.